The number of nitrogens with two attached hydrogens (primary N) is 1. The number of halogens is 3. The van der Waals surface area contributed by atoms with Crippen molar-refractivity contribution in [2.75, 3.05) is 0 Å². The van der Waals surface area contributed by atoms with Gasteiger partial charge in [-0.25, -0.2) is 9.82 Å². The third-order valence-electron chi connectivity index (χ3n) is 2.66. The van der Waals surface area contributed by atoms with Crippen LogP contribution in [0.5, 0.6) is 5.75 Å². The maximum atomic E-state index is 13.2. The molecule has 4 nitrogen and oxygen atoms in total. The molecule has 2 rings (SSSR count). The van der Waals surface area contributed by atoms with Gasteiger partial charge in [-0.05, 0) is 29.3 Å². The van der Waals surface area contributed by atoms with Crippen LogP contribution in [0.15, 0.2) is 42.7 Å². The number of benzene rings is 1. The fourth-order valence-corrected chi connectivity index (χ4v) is 1.81. The van der Waals surface area contributed by atoms with Crippen molar-refractivity contribution in [2.24, 2.45) is 5.84 Å². The van der Waals surface area contributed by atoms with E-state index in [4.69, 9.17) is 5.84 Å². The van der Waals surface area contributed by atoms with E-state index >= 15 is 0 Å². The molecule has 0 aliphatic rings. The summed E-state index contributed by atoms with van der Waals surface area (Å²) in [5.74, 6) is 5.01. The minimum Gasteiger partial charge on any atom is -0.435 e. The second-order valence-corrected chi connectivity index (χ2v) is 3.98. The molecule has 3 N–H and O–H groups in total. The second-order valence-electron chi connectivity index (χ2n) is 3.98. The van der Waals surface area contributed by atoms with Crippen LogP contribution in [0, 0.1) is 5.82 Å². The average molecular weight is 283 g/mol. The number of hydrogen-bond donors (Lipinski definition) is 2. The maximum absolute atomic E-state index is 13.2. The Bertz CT molecular complexity index is 563. The van der Waals surface area contributed by atoms with E-state index in [1.807, 2.05) is 0 Å². The highest BCUT2D eigenvalue weighted by atomic mass is 19.3. The van der Waals surface area contributed by atoms with Crippen molar-refractivity contribution in [3.63, 3.8) is 0 Å². The van der Waals surface area contributed by atoms with Gasteiger partial charge in [0.15, 0.2) is 0 Å². The molecule has 0 saturated heterocycles. The first-order chi connectivity index (χ1) is 9.60. The van der Waals surface area contributed by atoms with Crippen LogP contribution < -0.4 is 16.0 Å². The maximum Gasteiger partial charge on any atom is 0.387 e. The molecular weight excluding hydrogens is 271 g/mol. The van der Waals surface area contributed by atoms with Crippen LogP contribution in [0.3, 0.4) is 0 Å². The summed E-state index contributed by atoms with van der Waals surface area (Å²) < 4.78 is 41.5. The Morgan fingerprint density at radius 3 is 2.35 bits per heavy atom. The van der Waals surface area contributed by atoms with Crippen LogP contribution in [-0.4, -0.2) is 11.6 Å². The van der Waals surface area contributed by atoms with Crippen molar-refractivity contribution in [3.05, 3.63) is 59.7 Å². The molecule has 2 aromatic rings. The third-order valence-corrected chi connectivity index (χ3v) is 2.66. The lowest BCUT2D eigenvalue weighted by Crippen LogP contribution is -2.29. The zero-order valence-corrected chi connectivity index (χ0v) is 10.3. The Labute approximate surface area is 113 Å². The molecule has 0 spiro atoms. The summed E-state index contributed by atoms with van der Waals surface area (Å²) in [6.07, 6.45) is 2.55. The first-order valence-electron chi connectivity index (χ1n) is 5.71. The minimum absolute atomic E-state index is 0.0388. The number of nitrogens with zero attached hydrogens (tertiary/aromatic N) is 1. The van der Waals surface area contributed by atoms with E-state index in [1.54, 1.807) is 12.1 Å². The summed E-state index contributed by atoms with van der Waals surface area (Å²) in [5.41, 5.74) is 3.72. The average Bonchev–Trinajstić information content (AvgIpc) is 2.41. The van der Waals surface area contributed by atoms with Gasteiger partial charge in [0.25, 0.3) is 0 Å². The predicted molar refractivity (Wildman–Crippen MR) is 66.4 cm³/mol. The van der Waals surface area contributed by atoms with Crippen LogP contribution in [0.4, 0.5) is 13.2 Å². The molecule has 1 atom stereocenters. The van der Waals surface area contributed by atoms with Crippen LogP contribution in [0.1, 0.15) is 17.2 Å². The van der Waals surface area contributed by atoms with Crippen molar-refractivity contribution >= 4 is 0 Å². The molecule has 1 aromatic heterocycles. The highest BCUT2D eigenvalue weighted by molar-refractivity contribution is 5.34. The van der Waals surface area contributed by atoms with Crippen LogP contribution in [0.2, 0.25) is 0 Å². The molecule has 1 heterocycles. The fraction of sp³-hybridized carbons (Fsp3) is 0.154. The summed E-state index contributed by atoms with van der Waals surface area (Å²) in [6, 6.07) is 6.69. The van der Waals surface area contributed by atoms with Crippen LogP contribution in [-0.2, 0) is 0 Å². The molecule has 1 unspecified atom stereocenters. The van der Waals surface area contributed by atoms with Crippen molar-refractivity contribution < 1.29 is 17.9 Å². The number of rotatable bonds is 5. The van der Waals surface area contributed by atoms with Crippen molar-refractivity contribution in [1.29, 1.82) is 0 Å². The SMILES string of the molecule is NNC(c1ccc(OC(F)F)cc1)c1cncc(F)c1. The lowest BCUT2D eigenvalue weighted by molar-refractivity contribution is -0.0498. The molecule has 0 saturated carbocycles. The molecule has 0 radical (unpaired) electrons. The van der Waals surface area contributed by atoms with Gasteiger partial charge in [0.2, 0.25) is 0 Å². The lowest BCUT2D eigenvalue weighted by atomic mass is 10.0. The second kappa shape index (κ2) is 6.36. The first-order valence-corrected chi connectivity index (χ1v) is 5.71. The quantitative estimate of drug-likeness (QED) is 0.653. The Hall–Kier alpha value is -2.12. The molecule has 0 aliphatic carbocycles. The van der Waals surface area contributed by atoms with Crippen molar-refractivity contribution in [3.8, 4) is 5.75 Å². The van der Waals surface area contributed by atoms with Gasteiger partial charge < -0.3 is 4.74 Å². The van der Waals surface area contributed by atoms with E-state index in [2.05, 4.69) is 15.1 Å². The Morgan fingerprint density at radius 2 is 1.80 bits per heavy atom. The van der Waals surface area contributed by atoms with Gasteiger partial charge >= 0.3 is 6.61 Å². The molecule has 0 fully saturated rings. The fourth-order valence-electron chi connectivity index (χ4n) is 1.81. The summed E-state index contributed by atoms with van der Waals surface area (Å²) >= 11 is 0. The molecule has 20 heavy (non-hydrogen) atoms. The van der Waals surface area contributed by atoms with Gasteiger partial charge in [0.1, 0.15) is 11.6 Å². The van der Waals surface area contributed by atoms with Crippen molar-refractivity contribution in [2.45, 2.75) is 12.7 Å². The zero-order chi connectivity index (χ0) is 14.5. The largest absolute Gasteiger partial charge is 0.435 e. The van der Waals surface area contributed by atoms with E-state index in [9.17, 15) is 13.2 Å². The lowest BCUT2D eigenvalue weighted by Gasteiger charge is -2.17. The standard InChI is InChI=1S/C13H12F3N3O/c14-10-5-9(6-18-7-10)12(19-17)8-1-3-11(4-2-8)20-13(15)16/h1-7,12-13,19H,17H2. The van der Waals surface area contributed by atoms with Gasteiger partial charge in [-0.2, -0.15) is 8.78 Å². The molecule has 0 aliphatic heterocycles. The van der Waals surface area contributed by atoms with E-state index in [0.717, 1.165) is 6.20 Å². The summed E-state index contributed by atoms with van der Waals surface area (Å²) in [7, 11) is 0. The number of hydrazine groups is 1. The molecule has 7 heteroatoms. The zero-order valence-electron chi connectivity index (χ0n) is 10.3. The normalized spacial score (nSPS) is 12.4. The minimum atomic E-state index is -2.88. The summed E-state index contributed by atoms with van der Waals surface area (Å²) in [5, 5.41) is 0. The van der Waals surface area contributed by atoms with Crippen LogP contribution >= 0.6 is 0 Å². The Morgan fingerprint density at radius 1 is 1.10 bits per heavy atom. The van der Waals surface area contributed by atoms with E-state index < -0.39 is 18.5 Å². The van der Waals surface area contributed by atoms with Gasteiger partial charge in [-0.3, -0.25) is 10.8 Å². The van der Waals surface area contributed by atoms with Gasteiger partial charge in [0, 0.05) is 6.20 Å². The van der Waals surface area contributed by atoms with Gasteiger partial charge in [0.05, 0.1) is 12.2 Å². The first kappa shape index (κ1) is 14.3. The van der Waals surface area contributed by atoms with E-state index in [0.29, 0.717) is 11.1 Å². The van der Waals surface area contributed by atoms with Gasteiger partial charge in [-0.1, -0.05) is 12.1 Å². The Kier molecular flexibility index (Phi) is 4.54. The molecule has 106 valence electrons. The number of aromatic nitrogens is 1. The monoisotopic (exact) mass is 283 g/mol. The number of hydrogen-bond acceptors (Lipinski definition) is 4. The smallest absolute Gasteiger partial charge is 0.387 e. The highest BCUT2D eigenvalue weighted by Gasteiger charge is 2.14. The molecular formula is C13H12F3N3O. The van der Waals surface area contributed by atoms with E-state index in [-0.39, 0.29) is 5.75 Å². The summed E-state index contributed by atoms with van der Waals surface area (Å²) in [4.78, 5) is 3.74. The van der Waals surface area contributed by atoms with Crippen molar-refractivity contribution in [1.82, 2.24) is 10.4 Å². The number of nitrogens with one attached hydrogen (secondary N) is 1. The third kappa shape index (κ3) is 3.46. The van der Waals surface area contributed by atoms with Gasteiger partial charge in [-0.15, -0.1) is 0 Å². The topological polar surface area (TPSA) is 60.2 Å². The molecule has 0 bridgehead atoms. The van der Waals surface area contributed by atoms with E-state index in [1.165, 1.54) is 24.4 Å². The highest BCUT2D eigenvalue weighted by Crippen LogP contribution is 2.24. The number of pyridine rings is 1. The number of ether oxygens (including phenoxy) is 1. The molecule has 1 aromatic carbocycles. The summed E-state index contributed by atoms with van der Waals surface area (Å²) in [6.45, 7) is -2.88. The number of alkyl halides is 2. The van der Waals surface area contributed by atoms with Crippen LogP contribution in [0.25, 0.3) is 0 Å². The predicted octanol–water partition coefficient (Wildman–Crippen LogP) is 2.37. The Balaban J connectivity index is 2.23. The molecule has 0 amide bonds.